The number of ether oxygens (including phenoxy) is 1. The van der Waals surface area contributed by atoms with Crippen LogP contribution < -0.4 is 10.1 Å². The summed E-state index contributed by atoms with van der Waals surface area (Å²) >= 11 is 0. The standard InChI is InChI=1S/C14H23NO/c1-5-14(6-2,11-15-3)12-9-7-8-10-13(12)16-4/h7-10,15H,5-6,11H2,1-4H3. The second-order valence-electron chi connectivity index (χ2n) is 4.22. The molecule has 2 heteroatoms. The van der Waals surface area contributed by atoms with E-state index in [2.05, 4.69) is 31.3 Å². The van der Waals surface area contributed by atoms with Crippen molar-refractivity contribution in [2.24, 2.45) is 0 Å². The molecule has 16 heavy (non-hydrogen) atoms. The minimum absolute atomic E-state index is 0.182. The van der Waals surface area contributed by atoms with Crippen molar-refractivity contribution >= 4 is 0 Å². The van der Waals surface area contributed by atoms with E-state index in [-0.39, 0.29) is 5.41 Å². The van der Waals surface area contributed by atoms with Crippen LogP contribution in [0.4, 0.5) is 0 Å². The molecule has 0 aliphatic rings. The van der Waals surface area contributed by atoms with Crippen molar-refractivity contribution in [2.45, 2.75) is 32.1 Å². The third-order valence-electron chi connectivity index (χ3n) is 3.55. The van der Waals surface area contributed by atoms with Gasteiger partial charge in [0.2, 0.25) is 0 Å². The van der Waals surface area contributed by atoms with Gasteiger partial charge in [-0.3, -0.25) is 0 Å². The van der Waals surface area contributed by atoms with Crippen molar-refractivity contribution in [3.63, 3.8) is 0 Å². The van der Waals surface area contributed by atoms with Crippen LogP contribution in [-0.4, -0.2) is 20.7 Å². The van der Waals surface area contributed by atoms with Gasteiger partial charge in [0.25, 0.3) is 0 Å². The van der Waals surface area contributed by atoms with E-state index in [1.54, 1.807) is 7.11 Å². The van der Waals surface area contributed by atoms with E-state index in [9.17, 15) is 0 Å². The van der Waals surface area contributed by atoms with E-state index in [4.69, 9.17) is 4.74 Å². The van der Waals surface area contributed by atoms with E-state index >= 15 is 0 Å². The second-order valence-corrected chi connectivity index (χ2v) is 4.22. The van der Waals surface area contributed by atoms with Crippen molar-refractivity contribution in [1.82, 2.24) is 5.32 Å². The minimum atomic E-state index is 0.182. The summed E-state index contributed by atoms with van der Waals surface area (Å²) in [5.74, 6) is 1.00. The topological polar surface area (TPSA) is 21.3 Å². The average molecular weight is 221 g/mol. The lowest BCUT2D eigenvalue weighted by Crippen LogP contribution is -2.36. The van der Waals surface area contributed by atoms with Crippen LogP contribution >= 0.6 is 0 Å². The van der Waals surface area contributed by atoms with Crippen molar-refractivity contribution in [3.05, 3.63) is 29.8 Å². The van der Waals surface area contributed by atoms with E-state index in [0.29, 0.717) is 0 Å². The Kier molecular flexibility index (Phi) is 4.81. The molecular formula is C14H23NO. The Hall–Kier alpha value is -1.02. The maximum absolute atomic E-state index is 5.47. The Balaban J connectivity index is 3.18. The molecule has 0 fully saturated rings. The summed E-state index contributed by atoms with van der Waals surface area (Å²) in [4.78, 5) is 0. The van der Waals surface area contributed by atoms with Gasteiger partial charge in [0.15, 0.2) is 0 Å². The number of rotatable bonds is 6. The molecule has 0 unspecified atom stereocenters. The molecule has 0 aliphatic carbocycles. The van der Waals surface area contributed by atoms with Crippen LogP contribution in [0.2, 0.25) is 0 Å². The molecule has 1 rings (SSSR count). The fourth-order valence-electron chi connectivity index (χ4n) is 2.40. The van der Waals surface area contributed by atoms with Gasteiger partial charge in [-0.25, -0.2) is 0 Å². The molecule has 0 saturated heterocycles. The summed E-state index contributed by atoms with van der Waals surface area (Å²) in [6.45, 7) is 5.47. The van der Waals surface area contributed by atoms with Crippen LogP contribution in [0.25, 0.3) is 0 Å². The van der Waals surface area contributed by atoms with Gasteiger partial charge in [-0.15, -0.1) is 0 Å². The number of methoxy groups -OCH3 is 1. The van der Waals surface area contributed by atoms with Gasteiger partial charge in [-0.2, -0.15) is 0 Å². The Labute approximate surface area is 99.0 Å². The molecule has 0 aliphatic heterocycles. The highest BCUT2D eigenvalue weighted by molar-refractivity contribution is 5.40. The predicted molar refractivity (Wildman–Crippen MR) is 69.2 cm³/mol. The van der Waals surface area contributed by atoms with E-state index in [1.807, 2.05) is 19.2 Å². The van der Waals surface area contributed by atoms with Crippen molar-refractivity contribution in [2.75, 3.05) is 20.7 Å². The summed E-state index contributed by atoms with van der Waals surface area (Å²) in [5.41, 5.74) is 1.50. The SMILES string of the molecule is CCC(CC)(CNC)c1ccccc1OC. The molecule has 0 atom stereocenters. The Morgan fingerprint density at radius 2 is 1.81 bits per heavy atom. The maximum Gasteiger partial charge on any atom is 0.122 e. The first-order chi connectivity index (χ1) is 7.74. The van der Waals surface area contributed by atoms with E-state index in [0.717, 1.165) is 25.1 Å². The fraction of sp³-hybridized carbons (Fsp3) is 0.571. The molecule has 1 aromatic carbocycles. The van der Waals surface area contributed by atoms with Crippen LogP contribution in [0.3, 0.4) is 0 Å². The fourth-order valence-corrected chi connectivity index (χ4v) is 2.40. The Bertz CT molecular complexity index is 318. The maximum atomic E-state index is 5.47. The molecule has 0 amide bonds. The molecule has 0 aromatic heterocycles. The number of benzene rings is 1. The van der Waals surface area contributed by atoms with Crippen LogP contribution in [0.15, 0.2) is 24.3 Å². The second kappa shape index (κ2) is 5.90. The monoisotopic (exact) mass is 221 g/mol. The minimum Gasteiger partial charge on any atom is -0.496 e. The lowest BCUT2D eigenvalue weighted by Gasteiger charge is -2.33. The average Bonchev–Trinajstić information content (AvgIpc) is 2.36. The molecule has 1 aromatic rings. The predicted octanol–water partition coefficient (Wildman–Crippen LogP) is 2.97. The Morgan fingerprint density at radius 3 is 2.31 bits per heavy atom. The van der Waals surface area contributed by atoms with Gasteiger partial charge in [-0.05, 0) is 26.0 Å². The number of hydrogen-bond acceptors (Lipinski definition) is 2. The highest BCUT2D eigenvalue weighted by atomic mass is 16.5. The lowest BCUT2D eigenvalue weighted by molar-refractivity contribution is 0.346. The van der Waals surface area contributed by atoms with Gasteiger partial charge in [0.1, 0.15) is 5.75 Å². The highest BCUT2D eigenvalue weighted by Crippen LogP contribution is 2.36. The largest absolute Gasteiger partial charge is 0.496 e. The Morgan fingerprint density at radius 1 is 1.19 bits per heavy atom. The molecule has 0 saturated carbocycles. The first kappa shape index (κ1) is 13.0. The van der Waals surface area contributed by atoms with Crippen molar-refractivity contribution in [3.8, 4) is 5.75 Å². The third kappa shape index (κ3) is 2.38. The van der Waals surface area contributed by atoms with Gasteiger partial charge in [0, 0.05) is 17.5 Å². The summed E-state index contributed by atoms with van der Waals surface area (Å²) in [7, 11) is 3.75. The molecule has 1 N–H and O–H groups in total. The lowest BCUT2D eigenvalue weighted by atomic mass is 9.75. The first-order valence-electron chi connectivity index (χ1n) is 6.02. The molecule has 90 valence electrons. The van der Waals surface area contributed by atoms with Crippen LogP contribution in [-0.2, 0) is 5.41 Å². The van der Waals surface area contributed by atoms with Gasteiger partial charge < -0.3 is 10.1 Å². The summed E-state index contributed by atoms with van der Waals surface area (Å²) in [6.07, 6.45) is 2.23. The number of hydrogen-bond donors (Lipinski definition) is 1. The zero-order chi connectivity index (χ0) is 12.0. The van der Waals surface area contributed by atoms with Gasteiger partial charge in [-0.1, -0.05) is 32.0 Å². The normalized spacial score (nSPS) is 11.5. The smallest absolute Gasteiger partial charge is 0.122 e. The quantitative estimate of drug-likeness (QED) is 0.797. The third-order valence-corrected chi connectivity index (χ3v) is 3.55. The van der Waals surface area contributed by atoms with E-state index in [1.165, 1.54) is 5.56 Å². The van der Waals surface area contributed by atoms with Crippen molar-refractivity contribution in [1.29, 1.82) is 0 Å². The molecular weight excluding hydrogens is 198 g/mol. The zero-order valence-corrected chi connectivity index (χ0v) is 10.8. The summed E-state index contributed by atoms with van der Waals surface area (Å²) < 4.78 is 5.47. The zero-order valence-electron chi connectivity index (χ0n) is 10.8. The molecule has 0 radical (unpaired) electrons. The van der Waals surface area contributed by atoms with Crippen LogP contribution in [0, 0.1) is 0 Å². The highest BCUT2D eigenvalue weighted by Gasteiger charge is 2.30. The molecule has 2 nitrogen and oxygen atoms in total. The summed E-state index contributed by atoms with van der Waals surface area (Å²) in [5, 5.41) is 3.30. The van der Waals surface area contributed by atoms with Gasteiger partial charge in [0.05, 0.1) is 7.11 Å². The molecule has 0 heterocycles. The van der Waals surface area contributed by atoms with Crippen LogP contribution in [0.5, 0.6) is 5.75 Å². The van der Waals surface area contributed by atoms with E-state index < -0.39 is 0 Å². The number of para-hydroxylation sites is 1. The molecule has 0 spiro atoms. The van der Waals surface area contributed by atoms with Gasteiger partial charge >= 0.3 is 0 Å². The first-order valence-corrected chi connectivity index (χ1v) is 6.02. The van der Waals surface area contributed by atoms with Crippen molar-refractivity contribution < 1.29 is 4.74 Å². The number of nitrogens with one attached hydrogen (secondary N) is 1. The summed E-state index contributed by atoms with van der Waals surface area (Å²) in [6, 6.07) is 8.35. The molecule has 0 bridgehead atoms. The number of likely N-dealkylation sites (N-methyl/N-ethyl adjacent to an activating group) is 1. The van der Waals surface area contributed by atoms with Crippen LogP contribution in [0.1, 0.15) is 32.3 Å².